The molecule has 0 amide bonds. The molecule has 0 saturated carbocycles. The lowest BCUT2D eigenvalue weighted by molar-refractivity contribution is 0.476. The fraction of sp³-hybridized carbons (Fsp3) is 0. The van der Waals surface area contributed by atoms with Crippen LogP contribution in [0.1, 0.15) is 0 Å². The Balaban J connectivity index is 3.08. The van der Waals surface area contributed by atoms with E-state index >= 15 is 0 Å². The Bertz CT molecular complexity index is 594. The van der Waals surface area contributed by atoms with Crippen LogP contribution in [0.25, 0.3) is 10.8 Å². The smallest absolute Gasteiger partial charge is 0.117 e. The molecule has 1 nitrogen and oxygen atoms in total. The van der Waals surface area contributed by atoms with E-state index < -0.39 is 0 Å². The lowest BCUT2D eigenvalue weighted by atomic mass is 10.1. The quantitative estimate of drug-likeness (QED) is 0.480. The second-order valence-corrected chi connectivity index (χ2v) is 5.03. The molecule has 0 radical (unpaired) electrons. The second-order valence-electron chi connectivity index (χ2n) is 3.11. The monoisotopic (exact) mass is 314 g/mol. The van der Waals surface area contributed by atoms with E-state index in [9.17, 15) is 5.11 Å². The van der Waals surface area contributed by atoms with Crippen LogP contribution in [0.3, 0.4) is 0 Å². The highest BCUT2D eigenvalue weighted by Gasteiger charge is 2.17. The Morgan fingerprint density at radius 3 is 1.94 bits per heavy atom. The molecule has 0 heterocycles. The molecule has 0 atom stereocenters. The maximum atomic E-state index is 9.42. The summed E-state index contributed by atoms with van der Waals surface area (Å²) in [4.78, 5) is 0. The summed E-state index contributed by atoms with van der Waals surface area (Å²) in [6.45, 7) is 0. The Hall–Kier alpha value is -0.0500. The Morgan fingerprint density at radius 2 is 1.31 bits per heavy atom. The van der Waals surface area contributed by atoms with Crippen LogP contribution in [0.4, 0.5) is 0 Å². The van der Waals surface area contributed by atoms with E-state index in [2.05, 4.69) is 0 Å². The Kier molecular flexibility index (Phi) is 3.35. The number of hydrogen-bond donors (Lipinski definition) is 1. The van der Waals surface area contributed by atoms with Crippen LogP contribution in [0.5, 0.6) is 5.75 Å². The predicted molar refractivity (Wildman–Crippen MR) is 70.7 cm³/mol. The van der Waals surface area contributed by atoms with Crippen LogP contribution < -0.4 is 0 Å². The van der Waals surface area contributed by atoms with Crippen molar-refractivity contribution in [3.8, 4) is 5.75 Å². The van der Waals surface area contributed by atoms with E-state index in [1.807, 2.05) is 0 Å². The highest BCUT2D eigenvalue weighted by molar-refractivity contribution is 6.56. The van der Waals surface area contributed by atoms with Gasteiger partial charge in [0, 0.05) is 10.8 Å². The third kappa shape index (κ3) is 1.81. The van der Waals surface area contributed by atoms with Gasteiger partial charge in [-0.2, -0.15) is 0 Å². The van der Waals surface area contributed by atoms with Crippen molar-refractivity contribution >= 4 is 68.8 Å². The van der Waals surface area contributed by atoms with Crippen LogP contribution in [-0.4, -0.2) is 5.11 Å². The number of rotatable bonds is 0. The van der Waals surface area contributed by atoms with E-state index in [0.29, 0.717) is 10.8 Å². The van der Waals surface area contributed by atoms with Gasteiger partial charge in [0.05, 0.1) is 25.1 Å². The summed E-state index contributed by atoms with van der Waals surface area (Å²) in [6.07, 6.45) is 0. The van der Waals surface area contributed by atoms with E-state index in [1.165, 1.54) is 12.1 Å². The number of phenolic OH excluding ortho intramolecular Hbond substituents is 1. The van der Waals surface area contributed by atoms with Crippen LogP contribution >= 0.6 is 58.0 Å². The fourth-order valence-corrected chi connectivity index (χ4v) is 2.79. The molecule has 84 valence electrons. The molecule has 1 N–H and O–H groups in total. The Labute approximate surface area is 116 Å². The molecule has 2 rings (SSSR count). The van der Waals surface area contributed by atoms with Crippen molar-refractivity contribution in [1.82, 2.24) is 0 Å². The molecule has 0 spiro atoms. The highest BCUT2D eigenvalue weighted by Crippen LogP contribution is 2.46. The minimum Gasteiger partial charge on any atom is -0.508 e. The maximum absolute atomic E-state index is 9.42. The van der Waals surface area contributed by atoms with Crippen molar-refractivity contribution in [2.45, 2.75) is 0 Å². The first-order valence-electron chi connectivity index (χ1n) is 4.07. The van der Waals surface area contributed by atoms with Gasteiger partial charge in [-0.1, -0.05) is 58.0 Å². The number of aromatic hydroxyl groups is 1. The summed E-state index contributed by atoms with van der Waals surface area (Å²) in [5.41, 5.74) is 0. The molecule has 0 aromatic heterocycles. The zero-order valence-electron chi connectivity index (χ0n) is 7.49. The third-order valence-corrected chi connectivity index (χ3v) is 4.22. The van der Waals surface area contributed by atoms with Gasteiger partial charge in [-0.15, -0.1) is 0 Å². The normalized spacial score (nSPS) is 11.1. The van der Waals surface area contributed by atoms with Crippen molar-refractivity contribution in [3.05, 3.63) is 37.2 Å². The van der Waals surface area contributed by atoms with Gasteiger partial charge in [-0.3, -0.25) is 0 Å². The summed E-state index contributed by atoms with van der Waals surface area (Å²) in [6, 6.07) is 2.79. The molecule has 16 heavy (non-hydrogen) atoms. The first kappa shape index (κ1) is 12.4. The lowest BCUT2D eigenvalue weighted by Crippen LogP contribution is -1.83. The van der Waals surface area contributed by atoms with E-state index in [-0.39, 0.29) is 30.9 Å². The molecule has 0 saturated heterocycles. The van der Waals surface area contributed by atoms with Gasteiger partial charge < -0.3 is 5.11 Å². The largest absolute Gasteiger partial charge is 0.508 e. The second kappa shape index (κ2) is 4.32. The van der Waals surface area contributed by atoms with Gasteiger partial charge in [-0.25, -0.2) is 0 Å². The van der Waals surface area contributed by atoms with Gasteiger partial charge in [0.1, 0.15) is 5.75 Å². The van der Waals surface area contributed by atoms with Crippen molar-refractivity contribution in [1.29, 1.82) is 0 Å². The van der Waals surface area contributed by atoms with Crippen LogP contribution in [0, 0.1) is 0 Å². The van der Waals surface area contributed by atoms with Gasteiger partial charge >= 0.3 is 0 Å². The molecule has 0 aliphatic carbocycles. The predicted octanol–water partition coefficient (Wildman–Crippen LogP) is 5.81. The van der Waals surface area contributed by atoms with Crippen molar-refractivity contribution in [3.63, 3.8) is 0 Å². The molecule has 0 fully saturated rings. The number of halogens is 5. The Morgan fingerprint density at radius 1 is 0.750 bits per heavy atom. The first-order chi connectivity index (χ1) is 7.43. The van der Waals surface area contributed by atoms with E-state index in [1.54, 1.807) is 0 Å². The van der Waals surface area contributed by atoms with Crippen molar-refractivity contribution in [2.75, 3.05) is 0 Å². The summed E-state index contributed by atoms with van der Waals surface area (Å²) in [5, 5.41) is 11.3. The van der Waals surface area contributed by atoms with Gasteiger partial charge in [0.25, 0.3) is 0 Å². The molecule has 2 aromatic carbocycles. The average Bonchev–Trinajstić information content (AvgIpc) is 2.22. The lowest BCUT2D eigenvalue weighted by Gasteiger charge is -2.10. The van der Waals surface area contributed by atoms with Gasteiger partial charge in [-0.05, 0) is 12.1 Å². The van der Waals surface area contributed by atoms with Gasteiger partial charge in [0.15, 0.2) is 0 Å². The SMILES string of the molecule is Oc1cc(Cl)c2c(Cl)c(Cl)c(Cl)c(Cl)c2c1. The zero-order valence-corrected chi connectivity index (χ0v) is 11.3. The summed E-state index contributed by atoms with van der Waals surface area (Å²) in [7, 11) is 0. The highest BCUT2D eigenvalue weighted by atomic mass is 35.5. The fourth-order valence-electron chi connectivity index (χ4n) is 1.41. The number of fused-ring (bicyclic) bond motifs is 1. The number of phenols is 1. The molecule has 0 aliphatic heterocycles. The van der Waals surface area contributed by atoms with Crippen LogP contribution in [-0.2, 0) is 0 Å². The maximum Gasteiger partial charge on any atom is 0.117 e. The molecular weight excluding hydrogens is 313 g/mol. The molecule has 2 aromatic rings. The molecular formula is C10H3Cl5O. The molecule has 0 bridgehead atoms. The first-order valence-corrected chi connectivity index (χ1v) is 5.96. The van der Waals surface area contributed by atoms with Crippen molar-refractivity contribution < 1.29 is 5.11 Å². The minimum absolute atomic E-state index is 0.0196. The number of benzene rings is 2. The number of hydrogen-bond acceptors (Lipinski definition) is 1. The summed E-state index contributed by atoms with van der Waals surface area (Å²) in [5.74, 6) is -0.0196. The van der Waals surface area contributed by atoms with E-state index in [4.69, 9.17) is 58.0 Å². The minimum atomic E-state index is -0.0196. The molecule has 6 heteroatoms. The van der Waals surface area contributed by atoms with Crippen LogP contribution in [0.2, 0.25) is 25.1 Å². The standard InChI is InChI=1S/C10H3Cl5O/c11-5-2-3(16)1-4-6(5)8(13)10(15)9(14)7(4)12/h1-2,16H. The average molecular weight is 316 g/mol. The molecule has 0 aliphatic rings. The van der Waals surface area contributed by atoms with E-state index in [0.717, 1.165) is 0 Å². The zero-order chi connectivity index (χ0) is 12.0. The topological polar surface area (TPSA) is 20.2 Å². The molecule has 0 unspecified atom stereocenters. The van der Waals surface area contributed by atoms with Crippen LogP contribution in [0.15, 0.2) is 12.1 Å². The summed E-state index contributed by atoms with van der Waals surface area (Å²) < 4.78 is 0. The third-order valence-electron chi connectivity index (χ3n) is 2.11. The van der Waals surface area contributed by atoms with Crippen molar-refractivity contribution in [2.24, 2.45) is 0 Å². The van der Waals surface area contributed by atoms with Gasteiger partial charge in [0.2, 0.25) is 0 Å². The summed E-state index contributed by atoms with van der Waals surface area (Å²) >= 11 is 29.8.